The summed E-state index contributed by atoms with van der Waals surface area (Å²) in [5.74, 6) is -0.0427. The number of ether oxygens (including phenoxy) is 3. The number of ketones is 1. The van der Waals surface area contributed by atoms with E-state index in [4.69, 9.17) is 14.2 Å². The standard InChI is InChI=1S/C21H38N2O5/c1-16(18(24)9-7-10-22-12-14-27-15-13-22)19(26-5)17-8-6-11-23(17)20(25)28-21(2,3)4/h16-17,19H,6-15H2,1-5H3/t16-,17-,19+/m0/s1. The molecule has 1 amide bonds. The van der Waals surface area contributed by atoms with Crippen molar-refractivity contribution in [2.45, 2.75) is 71.1 Å². The first kappa shape index (κ1) is 23.1. The van der Waals surface area contributed by atoms with Gasteiger partial charge in [0.25, 0.3) is 0 Å². The van der Waals surface area contributed by atoms with Crippen LogP contribution in [0.15, 0.2) is 0 Å². The lowest BCUT2D eigenvalue weighted by Gasteiger charge is -2.35. The Morgan fingerprint density at radius 3 is 2.46 bits per heavy atom. The molecule has 0 saturated carbocycles. The molecular formula is C21H38N2O5. The minimum atomic E-state index is -0.534. The van der Waals surface area contributed by atoms with Crippen LogP contribution in [0.2, 0.25) is 0 Å². The van der Waals surface area contributed by atoms with E-state index in [2.05, 4.69) is 4.90 Å². The van der Waals surface area contributed by atoms with Gasteiger partial charge in [-0.05, 0) is 46.6 Å². The summed E-state index contributed by atoms with van der Waals surface area (Å²) in [5.41, 5.74) is -0.534. The topological polar surface area (TPSA) is 68.3 Å². The molecule has 7 nitrogen and oxygen atoms in total. The zero-order valence-corrected chi connectivity index (χ0v) is 18.2. The van der Waals surface area contributed by atoms with Gasteiger partial charge in [-0.25, -0.2) is 4.79 Å². The lowest BCUT2D eigenvalue weighted by atomic mass is 9.90. The average Bonchev–Trinajstić information content (AvgIpc) is 3.11. The first-order valence-electron chi connectivity index (χ1n) is 10.6. The molecule has 2 aliphatic heterocycles. The predicted molar refractivity (Wildman–Crippen MR) is 107 cm³/mol. The van der Waals surface area contributed by atoms with Crippen molar-refractivity contribution in [2.75, 3.05) is 46.5 Å². The van der Waals surface area contributed by atoms with Crippen LogP contribution in [0, 0.1) is 5.92 Å². The number of nitrogens with zero attached hydrogens (tertiary/aromatic N) is 2. The van der Waals surface area contributed by atoms with Crippen LogP contribution in [0.1, 0.15) is 53.4 Å². The van der Waals surface area contributed by atoms with Gasteiger partial charge in [0, 0.05) is 39.1 Å². The summed E-state index contributed by atoms with van der Waals surface area (Å²) in [6, 6.07) is -0.113. The molecule has 2 saturated heterocycles. The number of rotatable bonds is 8. The first-order chi connectivity index (χ1) is 13.2. The maximum Gasteiger partial charge on any atom is 0.410 e. The van der Waals surface area contributed by atoms with Crippen molar-refractivity contribution in [3.8, 4) is 0 Å². The van der Waals surface area contributed by atoms with Gasteiger partial charge in [-0.1, -0.05) is 6.92 Å². The van der Waals surface area contributed by atoms with Gasteiger partial charge in [0.15, 0.2) is 0 Å². The predicted octanol–water partition coefficient (Wildman–Crippen LogP) is 2.72. The second kappa shape index (κ2) is 10.6. The Kier molecular flexibility index (Phi) is 8.71. The van der Waals surface area contributed by atoms with Gasteiger partial charge in [0.1, 0.15) is 11.4 Å². The Labute approximate surface area is 169 Å². The normalized spacial score (nSPS) is 23.5. The Balaban J connectivity index is 1.88. The molecule has 0 aromatic carbocycles. The highest BCUT2D eigenvalue weighted by Gasteiger charge is 2.40. The summed E-state index contributed by atoms with van der Waals surface area (Å²) in [6.07, 6.45) is 2.51. The second-order valence-corrected chi connectivity index (χ2v) is 8.90. The number of carbonyl (C=O) groups excluding carboxylic acids is 2. The maximum atomic E-state index is 12.8. The van der Waals surface area contributed by atoms with Gasteiger partial charge in [-0.15, -0.1) is 0 Å². The van der Waals surface area contributed by atoms with E-state index < -0.39 is 5.60 Å². The lowest BCUT2D eigenvalue weighted by molar-refractivity contribution is -0.128. The molecule has 0 spiro atoms. The molecule has 28 heavy (non-hydrogen) atoms. The average molecular weight is 399 g/mol. The van der Waals surface area contributed by atoms with E-state index in [1.165, 1.54) is 0 Å². The van der Waals surface area contributed by atoms with Crippen LogP contribution in [0.5, 0.6) is 0 Å². The van der Waals surface area contributed by atoms with Gasteiger partial charge in [-0.3, -0.25) is 9.69 Å². The molecule has 2 heterocycles. The molecule has 2 aliphatic rings. The lowest BCUT2D eigenvalue weighted by Crippen LogP contribution is -2.49. The molecule has 0 radical (unpaired) electrons. The number of amides is 1. The van der Waals surface area contributed by atoms with Crippen LogP contribution >= 0.6 is 0 Å². The smallest absolute Gasteiger partial charge is 0.410 e. The van der Waals surface area contributed by atoms with Crippen molar-refractivity contribution in [1.82, 2.24) is 9.80 Å². The summed E-state index contributed by atoms with van der Waals surface area (Å²) in [5, 5.41) is 0. The zero-order valence-electron chi connectivity index (χ0n) is 18.2. The number of morpholine rings is 1. The third-order valence-corrected chi connectivity index (χ3v) is 5.58. The molecule has 0 aromatic heterocycles. The van der Waals surface area contributed by atoms with Crippen molar-refractivity contribution in [3.05, 3.63) is 0 Å². The molecule has 162 valence electrons. The van der Waals surface area contributed by atoms with E-state index >= 15 is 0 Å². The number of Topliss-reactive ketones (excluding diaryl/α,β-unsaturated/α-hetero) is 1. The fourth-order valence-electron chi connectivity index (χ4n) is 4.09. The number of hydrogen-bond acceptors (Lipinski definition) is 6. The van der Waals surface area contributed by atoms with Crippen molar-refractivity contribution in [1.29, 1.82) is 0 Å². The molecule has 7 heteroatoms. The highest BCUT2D eigenvalue weighted by molar-refractivity contribution is 5.81. The highest BCUT2D eigenvalue weighted by atomic mass is 16.6. The summed E-state index contributed by atoms with van der Waals surface area (Å²) >= 11 is 0. The number of hydrogen-bond donors (Lipinski definition) is 0. The van der Waals surface area contributed by atoms with Crippen LogP contribution in [0.3, 0.4) is 0 Å². The van der Waals surface area contributed by atoms with Crippen LogP contribution in [-0.4, -0.2) is 85.9 Å². The van der Waals surface area contributed by atoms with Crippen molar-refractivity contribution in [2.24, 2.45) is 5.92 Å². The van der Waals surface area contributed by atoms with Gasteiger partial charge < -0.3 is 19.1 Å². The summed E-state index contributed by atoms with van der Waals surface area (Å²) in [7, 11) is 1.63. The van der Waals surface area contributed by atoms with Gasteiger partial charge in [0.2, 0.25) is 0 Å². The molecule has 2 fully saturated rings. The molecule has 0 aromatic rings. The summed E-state index contributed by atoms with van der Waals surface area (Å²) in [6.45, 7) is 12.5. The zero-order chi connectivity index (χ0) is 20.7. The van der Waals surface area contributed by atoms with Crippen molar-refractivity contribution in [3.63, 3.8) is 0 Å². The Hall–Kier alpha value is -1.18. The molecule has 0 unspecified atom stereocenters. The van der Waals surface area contributed by atoms with Crippen molar-refractivity contribution >= 4 is 11.9 Å². The Morgan fingerprint density at radius 2 is 1.86 bits per heavy atom. The first-order valence-corrected chi connectivity index (χ1v) is 10.6. The fraction of sp³-hybridized carbons (Fsp3) is 0.905. The number of methoxy groups -OCH3 is 1. The third kappa shape index (κ3) is 6.71. The molecule has 3 atom stereocenters. The molecule has 0 bridgehead atoms. The highest BCUT2D eigenvalue weighted by Crippen LogP contribution is 2.28. The van der Waals surface area contributed by atoms with E-state index in [0.717, 1.165) is 52.1 Å². The molecule has 0 aliphatic carbocycles. The van der Waals surface area contributed by atoms with E-state index in [1.807, 2.05) is 27.7 Å². The third-order valence-electron chi connectivity index (χ3n) is 5.58. The van der Waals surface area contributed by atoms with E-state index in [1.54, 1.807) is 12.0 Å². The van der Waals surface area contributed by atoms with Gasteiger partial charge >= 0.3 is 6.09 Å². The van der Waals surface area contributed by atoms with E-state index in [0.29, 0.717) is 13.0 Å². The SMILES string of the molecule is CO[C@H]([C@@H](C)C(=O)CCCN1CCOCC1)[C@@H]1CCCN1C(=O)OC(C)(C)C. The Morgan fingerprint density at radius 1 is 1.18 bits per heavy atom. The quantitative estimate of drug-likeness (QED) is 0.626. The number of likely N-dealkylation sites (tertiary alicyclic amines) is 1. The molecule has 0 N–H and O–H groups in total. The minimum absolute atomic E-state index is 0.113. The fourth-order valence-corrected chi connectivity index (χ4v) is 4.09. The number of carbonyl (C=O) groups is 2. The van der Waals surface area contributed by atoms with Crippen LogP contribution in [0.25, 0.3) is 0 Å². The van der Waals surface area contributed by atoms with Crippen LogP contribution in [0.4, 0.5) is 4.79 Å². The van der Waals surface area contributed by atoms with Crippen LogP contribution < -0.4 is 0 Å². The Bertz CT molecular complexity index is 513. The monoisotopic (exact) mass is 398 g/mol. The van der Waals surface area contributed by atoms with E-state index in [-0.39, 0.29) is 29.9 Å². The molecular weight excluding hydrogens is 360 g/mol. The summed E-state index contributed by atoms with van der Waals surface area (Å²) < 4.78 is 16.6. The second-order valence-electron chi connectivity index (χ2n) is 8.90. The largest absolute Gasteiger partial charge is 0.444 e. The van der Waals surface area contributed by atoms with Gasteiger partial charge in [0.05, 0.1) is 25.4 Å². The van der Waals surface area contributed by atoms with Crippen LogP contribution in [-0.2, 0) is 19.0 Å². The maximum absolute atomic E-state index is 12.8. The van der Waals surface area contributed by atoms with E-state index in [9.17, 15) is 9.59 Å². The molecule has 2 rings (SSSR count). The minimum Gasteiger partial charge on any atom is -0.444 e. The van der Waals surface area contributed by atoms with Gasteiger partial charge in [-0.2, -0.15) is 0 Å². The summed E-state index contributed by atoms with van der Waals surface area (Å²) in [4.78, 5) is 29.5. The van der Waals surface area contributed by atoms with Crippen molar-refractivity contribution < 1.29 is 23.8 Å².